The SMILES string of the molecule is Nc1sc(SCc2ccccc2F)nc1-c1ccc(F)cc1. The highest BCUT2D eigenvalue weighted by Gasteiger charge is 2.12. The van der Waals surface area contributed by atoms with Gasteiger partial charge in [0.15, 0.2) is 4.34 Å². The molecule has 0 radical (unpaired) electrons. The van der Waals surface area contributed by atoms with Gasteiger partial charge in [-0.05, 0) is 35.9 Å². The summed E-state index contributed by atoms with van der Waals surface area (Å²) < 4.78 is 27.3. The van der Waals surface area contributed by atoms with E-state index in [4.69, 9.17) is 5.73 Å². The van der Waals surface area contributed by atoms with Crippen molar-refractivity contribution in [2.75, 3.05) is 5.73 Å². The standard InChI is InChI=1S/C16H12F2N2S2/c17-12-7-5-10(6-8-12)14-15(19)22-16(20-14)21-9-11-3-1-2-4-13(11)18/h1-8H,9,19H2. The Morgan fingerprint density at radius 1 is 1.05 bits per heavy atom. The summed E-state index contributed by atoms with van der Waals surface area (Å²) in [6.07, 6.45) is 0. The van der Waals surface area contributed by atoms with Gasteiger partial charge in [0.05, 0.1) is 0 Å². The van der Waals surface area contributed by atoms with E-state index >= 15 is 0 Å². The fraction of sp³-hybridized carbons (Fsp3) is 0.0625. The van der Waals surface area contributed by atoms with Crippen LogP contribution in [0.3, 0.4) is 0 Å². The molecule has 0 spiro atoms. The smallest absolute Gasteiger partial charge is 0.152 e. The Morgan fingerprint density at radius 2 is 1.77 bits per heavy atom. The van der Waals surface area contributed by atoms with Crippen molar-refractivity contribution < 1.29 is 8.78 Å². The zero-order valence-corrected chi connectivity index (χ0v) is 13.1. The molecule has 0 saturated heterocycles. The molecule has 2 nitrogen and oxygen atoms in total. The average Bonchev–Trinajstić information content (AvgIpc) is 2.88. The molecule has 1 heterocycles. The summed E-state index contributed by atoms with van der Waals surface area (Å²) in [6, 6.07) is 12.7. The lowest BCUT2D eigenvalue weighted by Gasteiger charge is -2.00. The highest BCUT2D eigenvalue weighted by atomic mass is 32.2. The van der Waals surface area contributed by atoms with E-state index < -0.39 is 0 Å². The maximum atomic E-state index is 13.6. The topological polar surface area (TPSA) is 38.9 Å². The highest BCUT2D eigenvalue weighted by Crippen LogP contribution is 2.36. The molecule has 6 heteroatoms. The maximum Gasteiger partial charge on any atom is 0.152 e. The van der Waals surface area contributed by atoms with Crippen LogP contribution in [-0.4, -0.2) is 4.98 Å². The van der Waals surface area contributed by atoms with Crippen LogP contribution in [0, 0.1) is 11.6 Å². The van der Waals surface area contributed by atoms with Gasteiger partial charge in [-0.25, -0.2) is 13.8 Å². The molecule has 0 bridgehead atoms. The van der Waals surface area contributed by atoms with Gasteiger partial charge in [-0.2, -0.15) is 0 Å². The van der Waals surface area contributed by atoms with E-state index in [1.165, 1.54) is 41.3 Å². The predicted octanol–water partition coefficient (Wildman–Crippen LogP) is 4.96. The lowest BCUT2D eigenvalue weighted by Crippen LogP contribution is -1.87. The first kappa shape index (κ1) is 15.0. The van der Waals surface area contributed by atoms with Crippen LogP contribution >= 0.6 is 23.1 Å². The lowest BCUT2D eigenvalue weighted by atomic mass is 10.2. The molecular formula is C16H12F2N2S2. The van der Waals surface area contributed by atoms with Crippen molar-refractivity contribution in [2.24, 2.45) is 0 Å². The highest BCUT2D eigenvalue weighted by molar-refractivity contribution is 8.00. The molecule has 112 valence electrons. The Bertz CT molecular complexity index is 785. The van der Waals surface area contributed by atoms with Crippen LogP contribution in [0.1, 0.15) is 5.56 Å². The third kappa shape index (κ3) is 3.28. The lowest BCUT2D eigenvalue weighted by molar-refractivity contribution is 0.617. The van der Waals surface area contributed by atoms with Crippen LogP contribution in [0.25, 0.3) is 11.3 Å². The van der Waals surface area contributed by atoms with Gasteiger partial charge in [0.1, 0.15) is 22.3 Å². The quantitative estimate of drug-likeness (QED) is 0.685. The molecule has 22 heavy (non-hydrogen) atoms. The molecule has 0 aliphatic rings. The van der Waals surface area contributed by atoms with Gasteiger partial charge in [-0.3, -0.25) is 0 Å². The van der Waals surface area contributed by atoms with Gasteiger partial charge < -0.3 is 5.73 Å². The summed E-state index contributed by atoms with van der Waals surface area (Å²) in [5.41, 5.74) is 8.03. The minimum absolute atomic E-state index is 0.224. The van der Waals surface area contributed by atoms with Crippen LogP contribution in [0.15, 0.2) is 52.9 Å². The minimum Gasteiger partial charge on any atom is -0.389 e. The second-order valence-electron chi connectivity index (χ2n) is 4.58. The molecule has 1 aromatic heterocycles. The minimum atomic E-state index is -0.299. The third-order valence-corrected chi connectivity index (χ3v) is 5.14. The number of aromatic nitrogens is 1. The van der Waals surface area contributed by atoms with E-state index in [9.17, 15) is 8.78 Å². The number of rotatable bonds is 4. The van der Waals surface area contributed by atoms with Crippen molar-refractivity contribution in [1.82, 2.24) is 4.98 Å². The van der Waals surface area contributed by atoms with Crippen LogP contribution in [0.2, 0.25) is 0 Å². The summed E-state index contributed by atoms with van der Waals surface area (Å²) in [5, 5.41) is 0.572. The molecule has 0 unspecified atom stereocenters. The van der Waals surface area contributed by atoms with E-state index in [0.29, 0.717) is 22.0 Å². The van der Waals surface area contributed by atoms with Gasteiger partial charge in [0.25, 0.3) is 0 Å². The van der Waals surface area contributed by atoms with E-state index in [1.54, 1.807) is 30.3 Å². The first-order chi connectivity index (χ1) is 10.6. The first-order valence-electron chi connectivity index (χ1n) is 6.52. The molecule has 0 fully saturated rings. The van der Waals surface area contributed by atoms with E-state index in [0.717, 1.165) is 9.90 Å². The van der Waals surface area contributed by atoms with Crippen molar-refractivity contribution in [3.8, 4) is 11.3 Å². The number of hydrogen-bond acceptors (Lipinski definition) is 4. The average molecular weight is 334 g/mol. The zero-order valence-electron chi connectivity index (χ0n) is 11.4. The van der Waals surface area contributed by atoms with E-state index in [1.807, 2.05) is 0 Å². The predicted molar refractivity (Wildman–Crippen MR) is 87.9 cm³/mol. The summed E-state index contributed by atoms with van der Waals surface area (Å²) in [6.45, 7) is 0. The Morgan fingerprint density at radius 3 is 2.50 bits per heavy atom. The number of halogens is 2. The normalized spacial score (nSPS) is 10.8. The number of hydrogen-bond donors (Lipinski definition) is 1. The summed E-state index contributed by atoms with van der Waals surface area (Å²) in [5.74, 6) is -0.0346. The van der Waals surface area contributed by atoms with Crippen LogP contribution in [0.4, 0.5) is 13.8 Å². The fourth-order valence-corrected chi connectivity index (χ4v) is 3.88. The molecule has 3 rings (SSSR count). The number of nitrogens with two attached hydrogens (primary N) is 1. The Kier molecular flexibility index (Phi) is 4.40. The Balaban J connectivity index is 1.78. The van der Waals surface area contributed by atoms with Crippen molar-refractivity contribution in [3.63, 3.8) is 0 Å². The summed E-state index contributed by atoms with van der Waals surface area (Å²) >= 11 is 2.79. The molecule has 0 aliphatic carbocycles. The molecule has 2 N–H and O–H groups in total. The number of thiazole rings is 1. The number of benzene rings is 2. The summed E-state index contributed by atoms with van der Waals surface area (Å²) in [7, 11) is 0. The van der Waals surface area contributed by atoms with Gasteiger partial charge in [-0.15, -0.1) is 0 Å². The van der Waals surface area contributed by atoms with Gasteiger partial charge >= 0.3 is 0 Å². The fourth-order valence-electron chi connectivity index (χ4n) is 1.94. The number of nitrogen functional groups attached to an aromatic ring is 1. The van der Waals surface area contributed by atoms with Gasteiger partial charge in [-0.1, -0.05) is 41.3 Å². The van der Waals surface area contributed by atoms with Gasteiger partial charge in [0.2, 0.25) is 0 Å². The molecule has 0 atom stereocenters. The molecule has 0 saturated carbocycles. The molecule has 3 aromatic rings. The van der Waals surface area contributed by atoms with Crippen LogP contribution in [-0.2, 0) is 5.75 Å². The van der Waals surface area contributed by atoms with Crippen molar-refractivity contribution in [2.45, 2.75) is 10.1 Å². The molecule has 2 aromatic carbocycles. The maximum absolute atomic E-state index is 13.6. The van der Waals surface area contributed by atoms with Crippen molar-refractivity contribution in [3.05, 3.63) is 65.7 Å². The number of nitrogens with zero attached hydrogens (tertiary/aromatic N) is 1. The second kappa shape index (κ2) is 6.46. The monoisotopic (exact) mass is 334 g/mol. The molecule has 0 amide bonds. The third-order valence-electron chi connectivity index (χ3n) is 3.06. The largest absolute Gasteiger partial charge is 0.389 e. The second-order valence-corrected chi connectivity index (χ2v) is 6.83. The van der Waals surface area contributed by atoms with Crippen molar-refractivity contribution >= 4 is 28.1 Å². The zero-order chi connectivity index (χ0) is 15.5. The van der Waals surface area contributed by atoms with E-state index in [2.05, 4.69) is 4.98 Å². The Hall–Kier alpha value is -1.92. The van der Waals surface area contributed by atoms with Gasteiger partial charge in [0, 0.05) is 11.3 Å². The first-order valence-corrected chi connectivity index (χ1v) is 8.32. The number of anilines is 1. The molecular weight excluding hydrogens is 322 g/mol. The molecule has 0 aliphatic heterocycles. The van der Waals surface area contributed by atoms with Crippen LogP contribution < -0.4 is 5.73 Å². The van der Waals surface area contributed by atoms with E-state index in [-0.39, 0.29) is 11.6 Å². The summed E-state index contributed by atoms with van der Waals surface area (Å²) in [4.78, 5) is 4.47. The van der Waals surface area contributed by atoms with Crippen molar-refractivity contribution in [1.29, 1.82) is 0 Å². The van der Waals surface area contributed by atoms with Crippen LogP contribution in [0.5, 0.6) is 0 Å². The number of thioether (sulfide) groups is 1. The Labute approximate surface area is 135 Å².